The molecule has 0 unspecified atom stereocenters. The van der Waals surface area contributed by atoms with Crippen LogP contribution in [-0.2, 0) is 0 Å². The van der Waals surface area contributed by atoms with E-state index in [1.54, 1.807) is 0 Å². The van der Waals surface area contributed by atoms with Gasteiger partial charge in [-0.05, 0) is 13.8 Å². The van der Waals surface area contributed by atoms with E-state index in [9.17, 15) is 14.4 Å². The van der Waals surface area contributed by atoms with E-state index in [0.717, 1.165) is 6.26 Å². The van der Waals surface area contributed by atoms with Crippen molar-refractivity contribution in [3.05, 3.63) is 23.2 Å². The van der Waals surface area contributed by atoms with E-state index in [1.807, 2.05) is 0 Å². The number of hydrogen-bond donors (Lipinski definition) is 0. The summed E-state index contributed by atoms with van der Waals surface area (Å²) in [5.41, 5.74) is 0.257. The minimum Gasteiger partial charge on any atom is -0.460 e. The molecule has 1 heterocycles. The standard InChI is InChI=1S/C10H10O4/c1-5(11)8-4-14-10(7(3)13)9(8)6(2)12/h4H,1-3H3. The van der Waals surface area contributed by atoms with Crippen LogP contribution in [0.5, 0.6) is 0 Å². The van der Waals surface area contributed by atoms with Crippen molar-refractivity contribution in [1.29, 1.82) is 0 Å². The zero-order chi connectivity index (χ0) is 10.9. The molecule has 0 aliphatic heterocycles. The number of carbonyl (C=O) groups is 3. The maximum Gasteiger partial charge on any atom is 0.195 e. The van der Waals surface area contributed by atoms with Gasteiger partial charge in [-0.25, -0.2) is 0 Å². The van der Waals surface area contributed by atoms with Crippen molar-refractivity contribution < 1.29 is 18.8 Å². The summed E-state index contributed by atoms with van der Waals surface area (Å²) in [5, 5.41) is 0. The lowest BCUT2D eigenvalue weighted by molar-refractivity contribution is 0.0958. The van der Waals surface area contributed by atoms with Crippen LogP contribution in [0.4, 0.5) is 0 Å². The summed E-state index contributed by atoms with van der Waals surface area (Å²) in [4.78, 5) is 33.3. The lowest BCUT2D eigenvalue weighted by atomic mass is 10.0. The molecule has 14 heavy (non-hydrogen) atoms. The summed E-state index contributed by atoms with van der Waals surface area (Å²) in [5.74, 6) is -1.02. The number of furan rings is 1. The van der Waals surface area contributed by atoms with Crippen LogP contribution in [0.2, 0.25) is 0 Å². The lowest BCUT2D eigenvalue weighted by Crippen LogP contribution is -2.05. The molecule has 0 bridgehead atoms. The first-order valence-electron chi connectivity index (χ1n) is 4.09. The normalized spacial score (nSPS) is 9.93. The van der Waals surface area contributed by atoms with E-state index in [4.69, 9.17) is 4.42 Å². The molecule has 0 radical (unpaired) electrons. The van der Waals surface area contributed by atoms with Crippen molar-refractivity contribution in [3.63, 3.8) is 0 Å². The van der Waals surface area contributed by atoms with E-state index >= 15 is 0 Å². The van der Waals surface area contributed by atoms with Crippen LogP contribution in [0, 0.1) is 0 Å². The largest absolute Gasteiger partial charge is 0.460 e. The second-order valence-corrected chi connectivity index (χ2v) is 3.02. The van der Waals surface area contributed by atoms with Crippen LogP contribution in [-0.4, -0.2) is 17.3 Å². The van der Waals surface area contributed by atoms with Crippen molar-refractivity contribution in [3.8, 4) is 0 Å². The van der Waals surface area contributed by atoms with Crippen molar-refractivity contribution in [1.82, 2.24) is 0 Å². The van der Waals surface area contributed by atoms with Crippen LogP contribution >= 0.6 is 0 Å². The predicted octanol–water partition coefficient (Wildman–Crippen LogP) is 1.89. The van der Waals surface area contributed by atoms with Crippen molar-refractivity contribution in [2.75, 3.05) is 0 Å². The van der Waals surface area contributed by atoms with Crippen molar-refractivity contribution in [2.24, 2.45) is 0 Å². The molecule has 0 aliphatic carbocycles. The Morgan fingerprint density at radius 3 is 1.93 bits per heavy atom. The Morgan fingerprint density at radius 1 is 1.00 bits per heavy atom. The van der Waals surface area contributed by atoms with Gasteiger partial charge in [0.05, 0.1) is 11.1 Å². The van der Waals surface area contributed by atoms with E-state index in [0.29, 0.717) is 0 Å². The smallest absolute Gasteiger partial charge is 0.195 e. The summed E-state index contributed by atoms with van der Waals surface area (Å²) in [6.45, 7) is 3.90. The van der Waals surface area contributed by atoms with Gasteiger partial charge in [0, 0.05) is 6.92 Å². The van der Waals surface area contributed by atoms with Gasteiger partial charge < -0.3 is 4.42 Å². The monoisotopic (exact) mass is 194 g/mol. The molecule has 4 heteroatoms. The zero-order valence-corrected chi connectivity index (χ0v) is 8.21. The molecule has 4 nitrogen and oxygen atoms in total. The predicted molar refractivity (Wildman–Crippen MR) is 48.7 cm³/mol. The fourth-order valence-corrected chi connectivity index (χ4v) is 1.23. The highest BCUT2D eigenvalue weighted by Gasteiger charge is 2.22. The first kappa shape index (κ1) is 10.4. The third kappa shape index (κ3) is 1.64. The summed E-state index contributed by atoms with van der Waals surface area (Å²) in [6, 6.07) is 0. The van der Waals surface area contributed by atoms with Crippen molar-refractivity contribution in [2.45, 2.75) is 20.8 Å². The minimum atomic E-state index is -0.359. The Labute approximate surface area is 80.9 Å². The molecule has 0 saturated carbocycles. The van der Waals surface area contributed by atoms with Gasteiger partial charge in [0.2, 0.25) is 0 Å². The first-order chi connectivity index (χ1) is 6.45. The number of hydrogen-bond acceptors (Lipinski definition) is 4. The molecule has 1 rings (SSSR count). The van der Waals surface area contributed by atoms with Crippen LogP contribution in [0.25, 0.3) is 0 Å². The average molecular weight is 194 g/mol. The Bertz CT molecular complexity index is 380. The maximum absolute atomic E-state index is 11.2. The van der Waals surface area contributed by atoms with E-state index in [2.05, 4.69) is 0 Å². The SMILES string of the molecule is CC(=O)c1coc(C(C)=O)c1C(C)=O. The van der Waals surface area contributed by atoms with Gasteiger partial charge >= 0.3 is 0 Å². The van der Waals surface area contributed by atoms with E-state index in [-0.39, 0.29) is 34.2 Å². The Kier molecular flexibility index (Phi) is 2.65. The number of rotatable bonds is 3. The highest BCUT2D eigenvalue weighted by atomic mass is 16.3. The van der Waals surface area contributed by atoms with Gasteiger partial charge in [-0.15, -0.1) is 0 Å². The van der Waals surface area contributed by atoms with Crippen LogP contribution in [0.3, 0.4) is 0 Å². The molecular weight excluding hydrogens is 184 g/mol. The van der Waals surface area contributed by atoms with E-state index < -0.39 is 0 Å². The Balaban J connectivity index is 3.42. The summed E-state index contributed by atoms with van der Waals surface area (Å²) < 4.78 is 4.89. The molecule has 1 aromatic rings. The third-order valence-electron chi connectivity index (χ3n) is 1.84. The molecule has 0 aliphatic rings. The van der Waals surface area contributed by atoms with Gasteiger partial charge in [0.15, 0.2) is 23.1 Å². The summed E-state index contributed by atoms with van der Waals surface area (Å²) in [6.07, 6.45) is 1.15. The van der Waals surface area contributed by atoms with E-state index in [1.165, 1.54) is 20.8 Å². The quantitative estimate of drug-likeness (QED) is 0.689. The molecule has 0 aromatic carbocycles. The first-order valence-corrected chi connectivity index (χ1v) is 4.09. The molecule has 0 saturated heterocycles. The molecular formula is C10H10O4. The number of ketones is 3. The molecule has 0 amide bonds. The summed E-state index contributed by atoms with van der Waals surface area (Å²) in [7, 11) is 0. The van der Waals surface area contributed by atoms with Crippen LogP contribution < -0.4 is 0 Å². The maximum atomic E-state index is 11.2. The topological polar surface area (TPSA) is 64.3 Å². The molecule has 74 valence electrons. The average Bonchev–Trinajstić information content (AvgIpc) is 2.46. The molecule has 0 atom stereocenters. The number of Topliss-reactive ketones (excluding diaryl/α,β-unsaturated/α-hetero) is 3. The van der Waals surface area contributed by atoms with Crippen molar-refractivity contribution >= 4 is 17.3 Å². The Hall–Kier alpha value is -1.71. The van der Waals surface area contributed by atoms with Gasteiger partial charge in [-0.3, -0.25) is 14.4 Å². The summed E-state index contributed by atoms with van der Waals surface area (Å²) >= 11 is 0. The minimum absolute atomic E-state index is 0.0392. The molecule has 0 spiro atoms. The zero-order valence-electron chi connectivity index (χ0n) is 8.21. The highest BCUT2D eigenvalue weighted by Crippen LogP contribution is 2.19. The third-order valence-corrected chi connectivity index (χ3v) is 1.84. The second-order valence-electron chi connectivity index (χ2n) is 3.02. The van der Waals surface area contributed by atoms with Gasteiger partial charge in [-0.2, -0.15) is 0 Å². The van der Waals surface area contributed by atoms with Crippen LogP contribution in [0.1, 0.15) is 52.0 Å². The Morgan fingerprint density at radius 2 is 1.57 bits per heavy atom. The van der Waals surface area contributed by atoms with Gasteiger partial charge in [0.1, 0.15) is 6.26 Å². The lowest BCUT2D eigenvalue weighted by Gasteiger charge is -1.95. The fraction of sp³-hybridized carbons (Fsp3) is 0.300. The van der Waals surface area contributed by atoms with Crippen LogP contribution in [0.15, 0.2) is 10.7 Å². The van der Waals surface area contributed by atoms with Gasteiger partial charge in [-0.1, -0.05) is 0 Å². The van der Waals surface area contributed by atoms with Gasteiger partial charge in [0.25, 0.3) is 0 Å². The molecule has 0 fully saturated rings. The fourth-order valence-electron chi connectivity index (χ4n) is 1.23. The highest BCUT2D eigenvalue weighted by molar-refractivity contribution is 6.13. The number of carbonyl (C=O) groups excluding carboxylic acids is 3. The molecule has 0 N–H and O–H groups in total. The second kappa shape index (κ2) is 3.57. The molecule has 1 aromatic heterocycles.